The van der Waals surface area contributed by atoms with Gasteiger partial charge in [0, 0.05) is 0 Å². The Kier molecular flexibility index (Phi) is 6.04. The van der Waals surface area contributed by atoms with Crippen molar-refractivity contribution in [2.24, 2.45) is 0 Å². The monoisotopic (exact) mass is 303 g/mol. The molecular weight excluding hydrogens is 290 g/mol. The highest BCUT2D eigenvalue weighted by molar-refractivity contribution is 7.99. The number of rotatable bonds is 5. The molecular formula is C11H14ClN3O3S. The number of halogens is 1. The smallest absolute Gasteiger partial charge is 0.328 e. The Bertz CT molecular complexity index is 484. The maximum absolute atomic E-state index is 11.9. The molecule has 0 spiro atoms. The molecule has 0 bridgehead atoms. The number of carbonyl (C=O) groups is 2. The van der Waals surface area contributed by atoms with Crippen molar-refractivity contribution in [1.82, 2.24) is 15.3 Å². The van der Waals surface area contributed by atoms with Crippen molar-refractivity contribution < 1.29 is 14.3 Å². The van der Waals surface area contributed by atoms with Crippen molar-refractivity contribution in [3.63, 3.8) is 0 Å². The summed E-state index contributed by atoms with van der Waals surface area (Å²) in [7, 11) is 1.25. The van der Waals surface area contributed by atoms with Crippen molar-refractivity contribution in [1.29, 1.82) is 0 Å². The van der Waals surface area contributed by atoms with Crippen LogP contribution in [0.5, 0.6) is 0 Å². The van der Waals surface area contributed by atoms with Gasteiger partial charge >= 0.3 is 5.97 Å². The van der Waals surface area contributed by atoms with E-state index in [-0.39, 0.29) is 10.7 Å². The number of carbonyl (C=O) groups excluding carboxylic acids is 2. The summed E-state index contributed by atoms with van der Waals surface area (Å²) >= 11 is 7.27. The highest BCUT2D eigenvalue weighted by Crippen LogP contribution is 2.18. The summed E-state index contributed by atoms with van der Waals surface area (Å²) in [6.07, 6.45) is 1.37. The molecule has 0 aliphatic rings. The van der Waals surface area contributed by atoms with Crippen LogP contribution >= 0.6 is 23.4 Å². The van der Waals surface area contributed by atoms with Gasteiger partial charge in [0.05, 0.1) is 18.3 Å². The molecule has 0 saturated heterocycles. The summed E-state index contributed by atoms with van der Waals surface area (Å²) in [5, 5.41) is 3.05. The molecule has 8 heteroatoms. The summed E-state index contributed by atoms with van der Waals surface area (Å²) in [6, 6.07) is -0.772. The Hall–Kier alpha value is -1.34. The predicted octanol–water partition coefficient (Wildman–Crippen LogP) is 1.53. The van der Waals surface area contributed by atoms with Crippen molar-refractivity contribution in [3.8, 4) is 0 Å². The van der Waals surface area contributed by atoms with Crippen molar-refractivity contribution in [2.75, 3.05) is 12.9 Å². The van der Waals surface area contributed by atoms with Crippen LogP contribution in [-0.4, -0.2) is 40.7 Å². The van der Waals surface area contributed by atoms with Crippen molar-refractivity contribution in [3.05, 3.63) is 16.9 Å². The number of nitrogens with zero attached hydrogens (tertiary/aromatic N) is 2. The Morgan fingerprint density at radius 3 is 2.84 bits per heavy atom. The topological polar surface area (TPSA) is 81.2 Å². The summed E-state index contributed by atoms with van der Waals surface area (Å²) < 4.78 is 4.52. The van der Waals surface area contributed by atoms with Gasteiger partial charge in [-0.05, 0) is 12.7 Å². The third-order valence-corrected chi connectivity index (χ3v) is 3.13. The van der Waals surface area contributed by atoms with E-state index < -0.39 is 17.9 Å². The van der Waals surface area contributed by atoms with Gasteiger partial charge in [-0.15, -0.1) is 0 Å². The molecule has 0 radical (unpaired) electrons. The van der Waals surface area contributed by atoms with Crippen LogP contribution in [0.15, 0.2) is 11.4 Å². The Morgan fingerprint density at radius 2 is 2.26 bits per heavy atom. The maximum atomic E-state index is 11.9. The summed E-state index contributed by atoms with van der Waals surface area (Å²) in [5.41, 5.74) is 0.0448. The number of nitrogens with one attached hydrogen (secondary N) is 1. The number of amides is 1. The molecule has 0 aliphatic heterocycles. The quantitative estimate of drug-likeness (QED) is 0.505. The molecule has 1 heterocycles. The lowest BCUT2D eigenvalue weighted by Crippen LogP contribution is -2.39. The van der Waals surface area contributed by atoms with E-state index in [1.54, 1.807) is 0 Å². The standard InChI is InChI=1S/C11H14ClN3O3S/c1-4-19-11-13-5-7(12)8(15-11)9(16)14-6(2)10(17)18-3/h5-6H,4H2,1-3H3,(H,14,16). The minimum absolute atomic E-state index is 0.0448. The van der Waals surface area contributed by atoms with E-state index in [9.17, 15) is 9.59 Å². The average molecular weight is 304 g/mol. The second-order valence-corrected chi connectivity index (χ2v) is 5.14. The molecule has 6 nitrogen and oxygen atoms in total. The molecule has 1 unspecified atom stereocenters. The molecule has 0 saturated carbocycles. The van der Waals surface area contributed by atoms with Crippen LogP contribution in [0.4, 0.5) is 0 Å². The van der Waals surface area contributed by atoms with Crippen LogP contribution in [0.1, 0.15) is 24.3 Å². The first-order chi connectivity index (χ1) is 8.99. The fourth-order valence-corrected chi connectivity index (χ4v) is 1.93. The molecule has 19 heavy (non-hydrogen) atoms. The van der Waals surface area contributed by atoms with Crippen LogP contribution < -0.4 is 5.32 Å². The lowest BCUT2D eigenvalue weighted by atomic mass is 10.3. The molecule has 1 aromatic heterocycles. The molecule has 0 fully saturated rings. The van der Waals surface area contributed by atoms with Gasteiger partial charge in [-0.3, -0.25) is 4.79 Å². The molecule has 104 valence electrons. The number of hydrogen-bond acceptors (Lipinski definition) is 6. The molecule has 1 aromatic rings. The lowest BCUT2D eigenvalue weighted by Gasteiger charge is -2.11. The fraction of sp³-hybridized carbons (Fsp3) is 0.455. The maximum Gasteiger partial charge on any atom is 0.328 e. The van der Waals surface area contributed by atoms with Gasteiger partial charge in [0.15, 0.2) is 10.9 Å². The van der Waals surface area contributed by atoms with E-state index in [0.29, 0.717) is 5.16 Å². The first-order valence-electron chi connectivity index (χ1n) is 5.53. The normalized spacial score (nSPS) is 11.8. The van der Waals surface area contributed by atoms with Crippen LogP contribution in [0.25, 0.3) is 0 Å². The number of ether oxygens (including phenoxy) is 1. The van der Waals surface area contributed by atoms with Gasteiger partial charge in [-0.2, -0.15) is 0 Å². The Balaban J connectivity index is 2.86. The fourth-order valence-electron chi connectivity index (χ4n) is 1.21. The van der Waals surface area contributed by atoms with E-state index in [4.69, 9.17) is 11.6 Å². The molecule has 0 aliphatic carbocycles. The van der Waals surface area contributed by atoms with Gasteiger partial charge in [0.1, 0.15) is 6.04 Å². The highest BCUT2D eigenvalue weighted by atomic mass is 35.5. The summed E-state index contributed by atoms with van der Waals surface area (Å²) in [4.78, 5) is 31.2. The van der Waals surface area contributed by atoms with Gasteiger partial charge in [-0.1, -0.05) is 30.3 Å². The Morgan fingerprint density at radius 1 is 1.58 bits per heavy atom. The van der Waals surface area contributed by atoms with E-state index >= 15 is 0 Å². The van der Waals surface area contributed by atoms with Crippen LogP contribution in [0.3, 0.4) is 0 Å². The summed E-state index contributed by atoms with van der Waals surface area (Å²) in [6.45, 7) is 3.46. The predicted molar refractivity (Wildman–Crippen MR) is 72.4 cm³/mol. The lowest BCUT2D eigenvalue weighted by molar-refractivity contribution is -0.142. The number of thioether (sulfide) groups is 1. The van der Waals surface area contributed by atoms with Crippen LogP contribution in [0.2, 0.25) is 5.02 Å². The zero-order chi connectivity index (χ0) is 14.4. The molecule has 1 N–H and O–H groups in total. The number of aromatic nitrogens is 2. The second kappa shape index (κ2) is 7.30. The van der Waals surface area contributed by atoms with Crippen molar-refractivity contribution in [2.45, 2.75) is 25.0 Å². The first-order valence-corrected chi connectivity index (χ1v) is 6.90. The van der Waals surface area contributed by atoms with E-state index in [1.807, 2.05) is 6.92 Å². The van der Waals surface area contributed by atoms with Gasteiger partial charge in [0.25, 0.3) is 5.91 Å². The van der Waals surface area contributed by atoms with Gasteiger partial charge < -0.3 is 10.1 Å². The van der Waals surface area contributed by atoms with E-state index in [2.05, 4.69) is 20.0 Å². The summed E-state index contributed by atoms with van der Waals surface area (Å²) in [5.74, 6) is -0.300. The minimum atomic E-state index is -0.772. The number of hydrogen-bond donors (Lipinski definition) is 1. The van der Waals surface area contributed by atoms with E-state index in [0.717, 1.165) is 5.75 Å². The third-order valence-electron chi connectivity index (χ3n) is 2.11. The zero-order valence-corrected chi connectivity index (χ0v) is 12.3. The Labute approximate surface area is 120 Å². The second-order valence-electron chi connectivity index (χ2n) is 3.50. The SMILES string of the molecule is CCSc1ncc(Cl)c(C(=O)NC(C)C(=O)OC)n1. The van der Waals surface area contributed by atoms with Crippen LogP contribution in [0, 0.1) is 0 Å². The largest absolute Gasteiger partial charge is 0.467 e. The highest BCUT2D eigenvalue weighted by Gasteiger charge is 2.20. The average Bonchev–Trinajstić information content (AvgIpc) is 2.40. The van der Waals surface area contributed by atoms with Crippen LogP contribution in [-0.2, 0) is 9.53 Å². The van der Waals surface area contributed by atoms with E-state index in [1.165, 1.54) is 32.0 Å². The van der Waals surface area contributed by atoms with Gasteiger partial charge in [0.2, 0.25) is 0 Å². The zero-order valence-electron chi connectivity index (χ0n) is 10.8. The number of esters is 1. The molecule has 1 atom stereocenters. The van der Waals surface area contributed by atoms with Gasteiger partial charge in [-0.25, -0.2) is 14.8 Å². The first kappa shape index (κ1) is 15.7. The third kappa shape index (κ3) is 4.36. The van der Waals surface area contributed by atoms with Crippen molar-refractivity contribution >= 4 is 35.2 Å². The minimum Gasteiger partial charge on any atom is -0.467 e. The molecule has 1 amide bonds. The molecule has 0 aromatic carbocycles. The molecule has 1 rings (SSSR count). The number of methoxy groups -OCH3 is 1.